The van der Waals surface area contributed by atoms with E-state index in [0.717, 1.165) is 32.1 Å². The molecule has 2 unspecified atom stereocenters. The predicted molar refractivity (Wildman–Crippen MR) is 116 cm³/mol. The lowest BCUT2D eigenvalue weighted by Gasteiger charge is -2.37. The zero-order valence-corrected chi connectivity index (χ0v) is 17.5. The van der Waals surface area contributed by atoms with Crippen molar-refractivity contribution in [2.45, 2.75) is 63.5 Å². The van der Waals surface area contributed by atoms with Crippen LogP contribution < -0.4 is 0 Å². The Balaban J connectivity index is 1.28. The van der Waals surface area contributed by atoms with Gasteiger partial charge < -0.3 is 9.64 Å². The highest BCUT2D eigenvalue weighted by Crippen LogP contribution is 2.45. The first-order valence-electron chi connectivity index (χ1n) is 11.3. The van der Waals surface area contributed by atoms with Crippen LogP contribution >= 0.6 is 0 Å². The fourth-order valence-corrected chi connectivity index (χ4v) is 5.86. The third-order valence-corrected chi connectivity index (χ3v) is 7.23. The summed E-state index contributed by atoms with van der Waals surface area (Å²) in [5, 5.41) is 0. The molecule has 2 bridgehead atoms. The Hall–Kier alpha value is -2.62. The highest BCUT2D eigenvalue weighted by molar-refractivity contribution is 5.82. The Labute approximate surface area is 178 Å². The molecule has 2 aromatic carbocycles. The molecule has 2 atom stereocenters. The van der Waals surface area contributed by atoms with Gasteiger partial charge in [0.25, 0.3) is 0 Å². The van der Waals surface area contributed by atoms with Crippen LogP contribution in [0.1, 0.15) is 62.5 Å². The number of carbonyl (C=O) groups excluding carboxylic acids is 2. The van der Waals surface area contributed by atoms with E-state index < -0.39 is 0 Å². The lowest BCUT2D eigenvalue weighted by Crippen LogP contribution is -2.48. The van der Waals surface area contributed by atoms with E-state index in [-0.39, 0.29) is 30.0 Å². The number of hydrogen-bond donors (Lipinski definition) is 0. The maximum Gasteiger partial charge on any atom is 0.410 e. The summed E-state index contributed by atoms with van der Waals surface area (Å²) in [6, 6.07) is 17.1. The van der Waals surface area contributed by atoms with Crippen LogP contribution in [-0.2, 0) is 9.53 Å². The predicted octanol–water partition coefficient (Wildman–Crippen LogP) is 5.55. The SMILES string of the molecule is CCCC(=O)C1CC2CCC(C1)N2C(=O)OCC1c2ccccc2-c2ccccc21. The van der Waals surface area contributed by atoms with E-state index in [1.54, 1.807) is 0 Å². The first kappa shape index (κ1) is 19.3. The zero-order chi connectivity index (χ0) is 20.7. The number of piperidine rings is 1. The maximum absolute atomic E-state index is 13.1. The Bertz CT molecular complexity index is 909. The molecule has 0 spiro atoms. The highest BCUT2D eigenvalue weighted by Gasteiger charge is 2.45. The number of ketones is 1. The van der Waals surface area contributed by atoms with Crippen LogP contribution in [-0.4, -0.2) is 35.5 Å². The van der Waals surface area contributed by atoms with E-state index in [9.17, 15) is 9.59 Å². The minimum atomic E-state index is -0.203. The van der Waals surface area contributed by atoms with Gasteiger partial charge in [-0.3, -0.25) is 4.79 Å². The Kier molecular flexibility index (Phi) is 5.10. The largest absolute Gasteiger partial charge is 0.448 e. The molecule has 2 fully saturated rings. The topological polar surface area (TPSA) is 46.6 Å². The minimum absolute atomic E-state index is 0.0858. The van der Waals surface area contributed by atoms with E-state index in [1.807, 2.05) is 4.90 Å². The normalized spacial score (nSPS) is 24.4. The van der Waals surface area contributed by atoms with Crippen molar-refractivity contribution in [3.8, 4) is 11.1 Å². The summed E-state index contributed by atoms with van der Waals surface area (Å²) in [7, 11) is 0. The smallest absolute Gasteiger partial charge is 0.410 e. The quantitative estimate of drug-likeness (QED) is 0.658. The molecule has 5 rings (SSSR count). The Morgan fingerprint density at radius 3 is 2.07 bits per heavy atom. The van der Waals surface area contributed by atoms with Crippen LogP contribution in [0.2, 0.25) is 0 Å². The highest BCUT2D eigenvalue weighted by atomic mass is 16.6. The molecule has 0 saturated carbocycles. The van der Waals surface area contributed by atoms with Crippen molar-refractivity contribution < 1.29 is 14.3 Å². The molecular formula is C26H29NO3. The summed E-state index contributed by atoms with van der Waals surface area (Å²) < 4.78 is 5.91. The molecular weight excluding hydrogens is 374 g/mol. The zero-order valence-electron chi connectivity index (χ0n) is 17.5. The van der Waals surface area contributed by atoms with Crippen molar-refractivity contribution in [3.05, 3.63) is 59.7 Å². The van der Waals surface area contributed by atoms with E-state index in [1.165, 1.54) is 22.3 Å². The summed E-state index contributed by atoms with van der Waals surface area (Å²) in [6.07, 6.45) is 4.95. The molecule has 156 valence electrons. The van der Waals surface area contributed by atoms with Gasteiger partial charge in [0.2, 0.25) is 0 Å². The number of benzene rings is 2. The summed E-state index contributed by atoms with van der Waals surface area (Å²) in [5.74, 6) is 0.587. The molecule has 2 aromatic rings. The fourth-order valence-electron chi connectivity index (χ4n) is 5.86. The Morgan fingerprint density at radius 1 is 0.933 bits per heavy atom. The molecule has 2 aliphatic heterocycles. The standard InChI is InChI=1S/C26H29NO3/c1-2-7-25(28)17-14-18-12-13-19(15-17)27(18)26(29)30-16-24-22-10-5-3-8-20(22)21-9-4-6-11-23(21)24/h3-6,8-11,17-19,24H,2,7,12-16H2,1H3. The minimum Gasteiger partial charge on any atom is -0.448 e. The van der Waals surface area contributed by atoms with Gasteiger partial charge in [0.15, 0.2) is 0 Å². The van der Waals surface area contributed by atoms with Gasteiger partial charge in [-0.1, -0.05) is 55.5 Å². The van der Waals surface area contributed by atoms with Gasteiger partial charge in [0.05, 0.1) is 0 Å². The van der Waals surface area contributed by atoms with Gasteiger partial charge in [-0.05, 0) is 54.4 Å². The number of amides is 1. The molecule has 0 N–H and O–H groups in total. The summed E-state index contributed by atoms with van der Waals surface area (Å²) in [5.41, 5.74) is 4.95. The molecule has 30 heavy (non-hydrogen) atoms. The van der Waals surface area contributed by atoms with Crippen molar-refractivity contribution >= 4 is 11.9 Å². The second-order valence-electron chi connectivity index (χ2n) is 8.98. The lowest BCUT2D eigenvalue weighted by molar-refractivity contribution is -0.125. The van der Waals surface area contributed by atoms with Gasteiger partial charge in [-0.2, -0.15) is 0 Å². The average Bonchev–Trinajstić information content (AvgIpc) is 3.23. The number of hydrogen-bond acceptors (Lipinski definition) is 3. The summed E-state index contributed by atoms with van der Waals surface area (Å²) in [4.78, 5) is 27.4. The summed E-state index contributed by atoms with van der Waals surface area (Å²) in [6.45, 7) is 2.42. The van der Waals surface area contributed by atoms with E-state index in [2.05, 4.69) is 55.5 Å². The third-order valence-electron chi connectivity index (χ3n) is 7.23. The van der Waals surface area contributed by atoms with Crippen LogP contribution in [0.15, 0.2) is 48.5 Å². The fraction of sp³-hybridized carbons (Fsp3) is 0.462. The number of fused-ring (bicyclic) bond motifs is 5. The van der Waals surface area contributed by atoms with Gasteiger partial charge in [-0.15, -0.1) is 0 Å². The van der Waals surface area contributed by atoms with Crippen LogP contribution in [0.25, 0.3) is 11.1 Å². The number of rotatable bonds is 5. The second kappa shape index (κ2) is 7.90. The summed E-state index contributed by atoms with van der Waals surface area (Å²) >= 11 is 0. The monoisotopic (exact) mass is 403 g/mol. The molecule has 1 amide bonds. The van der Waals surface area contributed by atoms with Crippen LogP contribution in [0, 0.1) is 5.92 Å². The van der Waals surface area contributed by atoms with E-state index in [4.69, 9.17) is 4.74 Å². The molecule has 2 saturated heterocycles. The first-order valence-corrected chi connectivity index (χ1v) is 11.3. The molecule has 0 aromatic heterocycles. The molecule has 3 aliphatic rings. The van der Waals surface area contributed by atoms with Gasteiger partial charge >= 0.3 is 6.09 Å². The average molecular weight is 404 g/mol. The van der Waals surface area contributed by atoms with Crippen molar-refractivity contribution in [1.82, 2.24) is 4.90 Å². The van der Waals surface area contributed by atoms with Crippen molar-refractivity contribution in [1.29, 1.82) is 0 Å². The second-order valence-corrected chi connectivity index (χ2v) is 8.98. The molecule has 1 aliphatic carbocycles. The number of Topliss-reactive ketones (excluding diaryl/α,β-unsaturated/α-hetero) is 1. The molecule has 2 heterocycles. The number of ether oxygens (including phenoxy) is 1. The molecule has 0 radical (unpaired) electrons. The van der Waals surface area contributed by atoms with Crippen molar-refractivity contribution in [2.24, 2.45) is 5.92 Å². The maximum atomic E-state index is 13.1. The van der Waals surface area contributed by atoms with Crippen molar-refractivity contribution in [3.63, 3.8) is 0 Å². The Morgan fingerprint density at radius 2 is 1.50 bits per heavy atom. The third kappa shape index (κ3) is 3.23. The van der Waals surface area contributed by atoms with E-state index in [0.29, 0.717) is 18.8 Å². The molecule has 4 nitrogen and oxygen atoms in total. The van der Waals surface area contributed by atoms with Gasteiger partial charge in [0.1, 0.15) is 12.4 Å². The van der Waals surface area contributed by atoms with E-state index >= 15 is 0 Å². The van der Waals surface area contributed by atoms with Crippen LogP contribution in [0.3, 0.4) is 0 Å². The number of carbonyl (C=O) groups is 2. The number of nitrogens with zero attached hydrogens (tertiary/aromatic N) is 1. The van der Waals surface area contributed by atoms with Gasteiger partial charge in [0, 0.05) is 30.3 Å². The molecule has 4 heteroatoms. The van der Waals surface area contributed by atoms with Gasteiger partial charge in [-0.25, -0.2) is 4.79 Å². The van der Waals surface area contributed by atoms with Crippen molar-refractivity contribution in [2.75, 3.05) is 6.61 Å². The van der Waals surface area contributed by atoms with Crippen LogP contribution in [0.4, 0.5) is 4.79 Å². The van der Waals surface area contributed by atoms with Crippen LogP contribution in [0.5, 0.6) is 0 Å². The lowest BCUT2D eigenvalue weighted by atomic mass is 9.86. The first-order chi connectivity index (χ1) is 14.7.